The highest BCUT2D eigenvalue weighted by Gasteiger charge is 1.91. The first-order valence-corrected chi connectivity index (χ1v) is 2.91. The number of nitrogens with zero attached hydrogens (tertiary/aromatic N) is 1. The Morgan fingerprint density at radius 2 is 2.67 bits per heavy atom. The molecule has 0 saturated heterocycles. The lowest BCUT2D eigenvalue weighted by molar-refractivity contribution is 0.504. The van der Waals surface area contributed by atoms with Crippen molar-refractivity contribution < 1.29 is 4.42 Å². The van der Waals surface area contributed by atoms with Gasteiger partial charge in [-0.15, -0.1) is 6.58 Å². The van der Waals surface area contributed by atoms with Gasteiger partial charge in [-0.3, -0.25) is 0 Å². The van der Waals surface area contributed by atoms with Crippen LogP contribution in [0.3, 0.4) is 0 Å². The van der Waals surface area contributed by atoms with Crippen molar-refractivity contribution in [2.24, 2.45) is 0 Å². The summed E-state index contributed by atoms with van der Waals surface area (Å²) in [6, 6.07) is 0. The normalized spacial score (nSPS) is 9.33. The van der Waals surface area contributed by atoms with Crippen LogP contribution in [0.5, 0.6) is 0 Å². The summed E-state index contributed by atoms with van der Waals surface area (Å²) in [4.78, 5) is 3.77. The number of oxazole rings is 1. The molecule has 0 amide bonds. The van der Waals surface area contributed by atoms with E-state index >= 15 is 0 Å². The van der Waals surface area contributed by atoms with Gasteiger partial charge in [0, 0.05) is 6.42 Å². The van der Waals surface area contributed by atoms with E-state index < -0.39 is 0 Å². The second-order valence-corrected chi connectivity index (χ2v) is 1.80. The smallest absolute Gasteiger partial charge is 0.180 e. The number of hydrogen-bond donors (Lipinski definition) is 0. The highest BCUT2D eigenvalue weighted by atomic mass is 16.3. The van der Waals surface area contributed by atoms with Crippen molar-refractivity contribution in [3.05, 3.63) is 31.0 Å². The summed E-state index contributed by atoms with van der Waals surface area (Å²) in [5.74, 6) is 0.926. The van der Waals surface area contributed by atoms with E-state index in [0.717, 1.165) is 18.6 Å². The molecule has 1 heterocycles. The van der Waals surface area contributed by atoms with Gasteiger partial charge in [0.1, 0.15) is 5.76 Å². The first-order chi connectivity index (χ1) is 4.43. The van der Waals surface area contributed by atoms with E-state index in [1.165, 1.54) is 6.39 Å². The second-order valence-electron chi connectivity index (χ2n) is 1.80. The van der Waals surface area contributed by atoms with E-state index in [1.54, 1.807) is 6.20 Å². The van der Waals surface area contributed by atoms with Crippen LogP contribution in [0.15, 0.2) is 29.7 Å². The summed E-state index contributed by atoms with van der Waals surface area (Å²) in [6.45, 7) is 3.60. The Balaban J connectivity index is 2.38. The molecule has 1 aromatic heterocycles. The van der Waals surface area contributed by atoms with E-state index in [1.807, 2.05) is 6.08 Å². The zero-order valence-electron chi connectivity index (χ0n) is 5.21. The Bertz CT molecular complexity index is 167. The van der Waals surface area contributed by atoms with Gasteiger partial charge in [0.25, 0.3) is 0 Å². The van der Waals surface area contributed by atoms with Crippen LogP contribution in [0, 0.1) is 0 Å². The van der Waals surface area contributed by atoms with Gasteiger partial charge < -0.3 is 4.42 Å². The first-order valence-electron chi connectivity index (χ1n) is 2.91. The highest BCUT2D eigenvalue weighted by Crippen LogP contribution is 2.00. The molecule has 0 bridgehead atoms. The molecule has 1 rings (SSSR count). The molecule has 0 unspecified atom stereocenters. The van der Waals surface area contributed by atoms with Gasteiger partial charge in [-0.2, -0.15) is 0 Å². The minimum atomic E-state index is 0.906. The minimum absolute atomic E-state index is 0.906. The number of aromatic nitrogens is 1. The van der Waals surface area contributed by atoms with Gasteiger partial charge in [-0.1, -0.05) is 6.08 Å². The van der Waals surface area contributed by atoms with Crippen molar-refractivity contribution >= 4 is 0 Å². The molecule has 0 N–H and O–H groups in total. The number of rotatable bonds is 3. The molecule has 0 spiro atoms. The molecular weight excluding hydrogens is 114 g/mol. The molecule has 9 heavy (non-hydrogen) atoms. The maximum Gasteiger partial charge on any atom is 0.180 e. The Hall–Kier alpha value is -1.05. The maximum absolute atomic E-state index is 4.98. The number of aryl methyl sites for hydroxylation is 1. The van der Waals surface area contributed by atoms with Crippen molar-refractivity contribution in [3.8, 4) is 0 Å². The lowest BCUT2D eigenvalue weighted by atomic mass is 10.3. The second kappa shape index (κ2) is 3.07. The molecule has 2 heteroatoms. The van der Waals surface area contributed by atoms with E-state index in [4.69, 9.17) is 4.42 Å². The Morgan fingerprint density at radius 3 is 3.22 bits per heavy atom. The molecule has 48 valence electrons. The predicted molar refractivity (Wildman–Crippen MR) is 35.0 cm³/mol. The maximum atomic E-state index is 4.98. The third kappa shape index (κ3) is 1.72. The van der Waals surface area contributed by atoms with Gasteiger partial charge >= 0.3 is 0 Å². The van der Waals surface area contributed by atoms with E-state index in [0.29, 0.717) is 0 Å². The molecular formula is C7H9NO. The Kier molecular flexibility index (Phi) is 2.07. The van der Waals surface area contributed by atoms with Crippen molar-refractivity contribution in [1.82, 2.24) is 4.98 Å². The highest BCUT2D eigenvalue weighted by molar-refractivity contribution is 4.90. The molecule has 1 aromatic rings. The monoisotopic (exact) mass is 123 g/mol. The summed E-state index contributed by atoms with van der Waals surface area (Å²) in [6.07, 6.45) is 6.89. The van der Waals surface area contributed by atoms with Crippen LogP contribution in [-0.4, -0.2) is 4.98 Å². The molecule has 0 aliphatic heterocycles. The van der Waals surface area contributed by atoms with E-state index in [-0.39, 0.29) is 0 Å². The van der Waals surface area contributed by atoms with Crippen LogP contribution in [0.25, 0.3) is 0 Å². The minimum Gasteiger partial charge on any atom is -0.449 e. The van der Waals surface area contributed by atoms with Crippen LogP contribution in [0.4, 0.5) is 0 Å². The lowest BCUT2D eigenvalue weighted by Gasteiger charge is -1.85. The van der Waals surface area contributed by atoms with Crippen LogP contribution >= 0.6 is 0 Å². The average Bonchev–Trinajstić information content (AvgIpc) is 2.34. The third-order valence-corrected chi connectivity index (χ3v) is 1.08. The van der Waals surface area contributed by atoms with E-state index in [9.17, 15) is 0 Å². The lowest BCUT2D eigenvalue weighted by Crippen LogP contribution is -1.75. The molecule has 0 radical (unpaired) electrons. The first kappa shape index (κ1) is 6.08. The Morgan fingerprint density at radius 1 is 1.78 bits per heavy atom. The number of hydrogen-bond acceptors (Lipinski definition) is 2. The average molecular weight is 123 g/mol. The standard InChI is InChI=1S/C7H9NO/c1-2-3-4-7-5-8-6-9-7/h2,5-6H,1,3-4H2. The molecule has 0 atom stereocenters. The summed E-state index contributed by atoms with van der Waals surface area (Å²) in [5.41, 5.74) is 0. The SMILES string of the molecule is C=CCCc1cnco1. The van der Waals surface area contributed by atoms with E-state index in [2.05, 4.69) is 11.6 Å². The predicted octanol–water partition coefficient (Wildman–Crippen LogP) is 1.79. The Labute approximate surface area is 54.2 Å². The topological polar surface area (TPSA) is 26.0 Å². The molecule has 0 aliphatic carbocycles. The third-order valence-electron chi connectivity index (χ3n) is 1.08. The summed E-state index contributed by atoms with van der Waals surface area (Å²) in [5, 5.41) is 0. The molecule has 0 saturated carbocycles. The fraction of sp³-hybridized carbons (Fsp3) is 0.286. The van der Waals surface area contributed by atoms with Gasteiger partial charge in [0.05, 0.1) is 6.20 Å². The fourth-order valence-electron chi connectivity index (χ4n) is 0.610. The zero-order valence-corrected chi connectivity index (χ0v) is 5.21. The molecule has 2 nitrogen and oxygen atoms in total. The number of allylic oxidation sites excluding steroid dienone is 1. The summed E-state index contributed by atoms with van der Waals surface area (Å²) in [7, 11) is 0. The van der Waals surface area contributed by atoms with Crippen LogP contribution in [0.1, 0.15) is 12.2 Å². The van der Waals surface area contributed by atoms with Gasteiger partial charge in [0.15, 0.2) is 6.39 Å². The quantitative estimate of drug-likeness (QED) is 0.573. The van der Waals surface area contributed by atoms with Gasteiger partial charge in [-0.05, 0) is 6.42 Å². The van der Waals surface area contributed by atoms with Crippen LogP contribution < -0.4 is 0 Å². The fourth-order valence-corrected chi connectivity index (χ4v) is 0.610. The molecule has 0 fully saturated rings. The van der Waals surface area contributed by atoms with Gasteiger partial charge in [-0.25, -0.2) is 4.98 Å². The molecule has 0 aliphatic rings. The van der Waals surface area contributed by atoms with Crippen molar-refractivity contribution in [3.63, 3.8) is 0 Å². The largest absolute Gasteiger partial charge is 0.449 e. The van der Waals surface area contributed by atoms with Crippen molar-refractivity contribution in [1.29, 1.82) is 0 Å². The van der Waals surface area contributed by atoms with Crippen molar-refractivity contribution in [2.75, 3.05) is 0 Å². The van der Waals surface area contributed by atoms with Crippen LogP contribution in [0.2, 0.25) is 0 Å². The molecule has 0 aromatic carbocycles. The van der Waals surface area contributed by atoms with Crippen LogP contribution in [-0.2, 0) is 6.42 Å². The van der Waals surface area contributed by atoms with Gasteiger partial charge in [0.2, 0.25) is 0 Å². The zero-order chi connectivity index (χ0) is 6.53. The summed E-state index contributed by atoms with van der Waals surface area (Å²) < 4.78 is 4.98. The summed E-state index contributed by atoms with van der Waals surface area (Å²) >= 11 is 0. The van der Waals surface area contributed by atoms with Crippen molar-refractivity contribution in [2.45, 2.75) is 12.8 Å².